The van der Waals surface area contributed by atoms with Crippen LogP contribution in [0.4, 0.5) is 4.79 Å². The Labute approximate surface area is 144 Å². The molecule has 3 rings (SSSR count). The lowest BCUT2D eigenvalue weighted by molar-refractivity contribution is -0.136. The zero-order valence-electron chi connectivity index (χ0n) is 13.8. The monoisotopic (exact) mass is 344 g/mol. The largest absolute Gasteiger partial charge is 0.342 e. The van der Waals surface area contributed by atoms with Gasteiger partial charge in [0.1, 0.15) is 0 Å². The Balaban J connectivity index is 0.00000192. The van der Waals surface area contributed by atoms with E-state index in [-0.39, 0.29) is 30.3 Å². The summed E-state index contributed by atoms with van der Waals surface area (Å²) in [7, 11) is 0. The second-order valence-corrected chi connectivity index (χ2v) is 6.94. The third-order valence-electron chi connectivity index (χ3n) is 5.35. The standard InChI is InChI=1S/C16H28N4O2.ClH/c17-10-13-5-9-19(11-13)15(21)14-4-3-8-20(12-14)16(22)18-6-1-2-7-18;/h13-14H,1-12,17H2;1H. The van der Waals surface area contributed by atoms with E-state index in [1.54, 1.807) is 0 Å². The fourth-order valence-corrected chi connectivity index (χ4v) is 3.94. The Morgan fingerprint density at radius 2 is 1.57 bits per heavy atom. The second kappa shape index (κ2) is 8.20. The van der Waals surface area contributed by atoms with Crippen LogP contribution in [0.1, 0.15) is 32.1 Å². The number of carbonyl (C=O) groups is 2. The van der Waals surface area contributed by atoms with Gasteiger partial charge in [0.25, 0.3) is 0 Å². The van der Waals surface area contributed by atoms with Crippen molar-refractivity contribution in [1.29, 1.82) is 0 Å². The molecule has 2 N–H and O–H groups in total. The molecule has 3 aliphatic heterocycles. The molecule has 0 aromatic rings. The van der Waals surface area contributed by atoms with E-state index in [4.69, 9.17) is 5.73 Å². The average molecular weight is 345 g/mol. The molecule has 3 saturated heterocycles. The molecular weight excluding hydrogens is 316 g/mol. The van der Waals surface area contributed by atoms with Gasteiger partial charge in [-0.15, -0.1) is 12.4 Å². The van der Waals surface area contributed by atoms with Gasteiger partial charge in [-0.1, -0.05) is 0 Å². The van der Waals surface area contributed by atoms with Gasteiger partial charge in [-0.25, -0.2) is 4.79 Å². The quantitative estimate of drug-likeness (QED) is 0.816. The number of hydrogen-bond acceptors (Lipinski definition) is 3. The fraction of sp³-hybridized carbons (Fsp3) is 0.875. The van der Waals surface area contributed by atoms with E-state index >= 15 is 0 Å². The molecule has 0 aromatic carbocycles. The Morgan fingerprint density at radius 1 is 0.870 bits per heavy atom. The molecule has 132 valence electrons. The molecule has 3 aliphatic rings. The smallest absolute Gasteiger partial charge is 0.320 e. The molecule has 3 amide bonds. The molecule has 0 bridgehead atoms. The minimum atomic E-state index is -0.0168. The van der Waals surface area contributed by atoms with E-state index in [0.717, 1.165) is 64.8 Å². The number of urea groups is 1. The highest BCUT2D eigenvalue weighted by atomic mass is 35.5. The van der Waals surface area contributed by atoms with Crippen molar-refractivity contribution in [2.75, 3.05) is 45.8 Å². The number of nitrogens with two attached hydrogens (primary N) is 1. The molecule has 0 radical (unpaired) electrons. The van der Waals surface area contributed by atoms with Gasteiger partial charge in [0.15, 0.2) is 0 Å². The number of rotatable bonds is 2. The minimum Gasteiger partial charge on any atom is -0.342 e. The molecule has 6 nitrogen and oxygen atoms in total. The molecule has 0 saturated carbocycles. The van der Waals surface area contributed by atoms with Crippen LogP contribution in [0.2, 0.25) is 0 Å². The van der Waals surface area contributed by atoms with Crippen LogP contribution in [-0.4, -0.2) is 72.5 Å². The van der Waals surface area contributed by atoms with Crippen molar-refractivity contribution in [2.45, 2.75) is 32.1 Å². The molecule has 0 aromatic heterocycles. The van der Waals surface area contributed by atoms with Crippen molar-refractivity contribution < 1.29 is 9.59 Å². The first-order chi connectivity index (χ1) is 10.7. The number of halogens is 1. The summed E-state index contributed by atoms with van der Waals surface area (Å²) in [5, 5.41) is 0. The number of amides is 3. The van der Waals surface area contributed by atoms with Gasteiger partial charge in [0.05, 0.1) is 5.92 Å². The molecule has 3 fully saturated rings. The van der Waals surface area contributed by atoms with Crippen LogP contribution < -0.4 is 5.73 Å². The predicted octanol–water partition coefficient (Wildman–Crippen LogP) is 1.14. The lowest BCUT2D eigenvalue weighted by Gasteiger charge is -2.36. The van der Waals surface area contributed by atoms with Gasteiger partial charge >= 0.3 is 6.03 Å². The summed E-state index contributed by atoms with van der Waals surface area (Å²) < 4.78 is 0. The number of piperidine rings is 1. The third-order valence-corrected chi connectivity index (χ3v) is 5.35. The highest BCUT2D eigenvalue weighted by Crippen LogP contribution is 2.24. The van der Waals surface area contributed by atoms with Gasteiger partial charge in [-0.05, 0) is 44.6 Å². The highest BCUT2D eigenvalue weighted by molar-refractivity contribution is 5.85. The summed E-state index contributed by atoms with van der Waals surface area (Å²) >= 11 is 0. The summed E-state index contributed by atoms with van der Waals surface area (Å²) in [6, 6.07) is 0.135. The first kappa shape index (κ1) is 18.3. The van der Waals surface area contributed by atoms with Crippen molar-refractivity contribution in [3.63, 3.8) is 0 Å². The number of nitrogens with zero attached hydrogens (tertiary/aromatic N) is 3. The molecule has 2 atom stereocenters. The van der Waals surface area contributed by atoms with E-state index in [0.29, 0.717) is 19.0 Å². The fourth-order valence-electron chi connectivity index (χ4n) is 3.94. The molecule has 0 aliphatic carbocycles. The van der Waals surface area contributed by atoms with Gasteiger partial charge in [0.2, 0.25) is 5.91 Å². The van der Waals surface area contributed by atoms with E-state index in [2.05, 4.69) is 0 Å². The highest BCUT2D eigenvalue weighted by Gasteiger charge is 2.35. The van der Waals surface area contributed by atoms with Crippen LogP contribution in [0.25, 0.3) is 0 Å². The third kappa shape index (κ3) is 4.10. The Hall–Kier alpha value is -1.01. The molecular formula is C16H29ClN4O2. The first-order valence-corrected chi connectivity index (χ1v) is 8.71. The second-order valence-electron chi connectivity index (χ2n) is 6.94. The molecule has 23 heavy (non-hydrogen) atoms. The maximum Gasteiger partial charge on any atom is 0.320 e. The van der Waals surface area contributed by atoms with Crippen molar-refractivity contribution in [1.82, 2.24) is 14.7 Å². The molecule has 7 heteroatoms. The summed E-state index contributed by atoms with van der Waals surface area (Å²) in [4.78, 5) is 31.0. The lowest BCUT2D eigenvalue weighted by atomic mass is 9.96. The van der Waals surface area contributed by atoms with E-state index < -0.39 is 0 Å². The van der Waals surface area contributed by atoms with Gasteiger partial charge in [0, 0.05) is 39.3 Å². The summed E-state index contributed by atoms with van der Waals surface area (Å²) in [6.07, 6.45) is 5.08. The zero-order chi connectivity index (χ0) is 15.5. The lowest BCUT2D eigenvalue weighted by Crippen LogP contribution is -2.50. The topological polar surface area (TPSA) is 69.9 Å². The predicted molar refractivity (Wildman–Crippen MR) is 91.5 cm³/mol. The van der Waals surface area contributed by atoms with E-state index in [9.17, 15) is 9.59 Å². The van der Waals surface area contributed by atoms with Gasteiger partial charge in [-0.2, -0.15) is 0 Å². The summed E-state index contributed by atoms with van der Waals surface area (Å²) in [6.45, 7) is 5.43. The van der Waals surface area contributed by atoms with Crippen LogP contribution in [0.3, 0.4) is 0 Å². The van der Waals surface area contributed by atoms with Crippen molar-refractivity contribution in [3.05, 3.63) is 0 Å². The Kier molecular flexibility index (Phi) is 6.53. The van der Waals surface area contributed by atoms with E-state index in [1.165, 1.54) is 0 Å². The molecule has 3 heterocycles. The zero-order valence-corrected chi connectivity index (χ0v) is 14.6. The van der Waals surface area contributed by atoms with Crippen molar-refractivity contribution in [3.8, 4) is 0 Å². The van der Waals surface area contributed by atoms with Crippen molar-refractivity contribution in [2.24, 2.45) is 17.6 Å². The normalized spacial score (nSPS) is 28.0. The van der Waals surface area contributed by atoms with Crippen LogP contribution >= 0.6 is 12.4 Å². The Bertz CT molecular complexity index is 428. The SMILES string of the molecule is Cl.NCC1CCN(C(=O)C2CCCN(C(=O)N3CCCC3)C2)C1. The van der Waals surface area contributed by atoms with Gasteiger partial charge in [-0.3, -0.25) is 4.79 Å². The summed E-state index contributed by atoms with van der Waals surface area (Å²) in [5.41, 5.74) is 5.71. The van der Waals surface area contributed by atoms with Crippen LogP contribution in [-0.2, 0) is 4.79 Å². The van der Waals surface area contributed by atoms with Crippen LogP contribution in [0, 0.1) is 11.8 Å². The Morgan fingerprint density at radius 3 is 2.22 bits per heavy atom. The van der Waals surface area contributed by atoms with E-state index in [1.807, 2.05) is 14.7 Å². The minimum absolute atomic E-state index is 0. The van der Waals surface area contributed by atoms with Crippen LogP contribution in [0.15, 0.2) is 0 Å². The number of likely N-dealkylation sites (tertiary alicyclic amines) is 3. The number of carbonyl (C=O) groups excluding carboxylic acids is 2. The van der Waals surface area contributed by atoms with Crippen LogP contribution in [0.5, 0.6) is 0 Å². The first-order valence-electron chi connectivity index (χ1n) is 8.71. The summed E-state index contributed by atoms with van der Waals surface area (Å²) in [5.74, 6) is 0.668. The van der Waals surface area contributed by atoms with Crippen molar-refractivity contribution >= 4 is 24.3 Å². The molecule has 2 unspecified atom stereocenters. The average Bonchev–Trinajstić information content (AvgIpc) is 3.24. The number of hydrogen-bond donors (Lipinski definition) is 1. The molecule has 0 spiro atoms. The maximum atomic E-state index is 12.7. The maximum absolute atomic E-state index is 12.7. The van der Waals surface area contributed by atoms with Gasteiger partial charge < -0.3 is 20.4 Å².